The smallest absolute Gasteiger partial charge is 0.341 e. The van der Waals surface area contributed by atoms with Gasteiger partial charge < -0.3 is 24.1 Å². The van der Waals surface area contributed by atoms with E-state index in [0.29, 0.717) is 31.7 Å². The van der Waals surface area contributed by atoms with Crippen molar-refractivity contribution in [2.75, 3.05) is 13.2 Å². The van der Waals surface area contributed by atoms with Crippen molar-refractivity contribution in [3.8, 4) is 5.75 Å². The Bertz CT molecular complexity index is 1120. The van der Waals surface area contributed by atoms with Crippen molar-refractivity contribution in [1.82, 2.24) is 9.47 Å². The van der Waals surface area contributed by atoms with Gasteiger partial charge in [-0.15, -0.1) is 0 Å². The molecule has 32 heavy (non-hydrogen) atoms. The molecule has 9 heteroatoms. The van der Waals surface area contributed by atoms with Crippen molar-refractivity contribution in [1.29, 1.82) is 0 Å². The predicted molar refractivity (Wildman–Crippen MR) is 116 cm³/mol. The van der Waals surface area contributed by atoms with E-state index in [-0.39, 0.29) is 36.0 Å². The molecule has 0 spiro atoms. The number of aromatic nitrogens is 1. The highest BCUT2D eigenvalue weighted by Gasteiger charge is 2.38. The molecule has 2 aromatic rings. The van der Waals surface area contributed by atoms with Crippen LogP contribution in [0.2, 0.25) is 0 Å². The average Bonchev–Trinajstić information content (AvgIpc) is 2.77. The Balaban J connectivity index is 1.87. The van der Waals surface area contributed by atoms with Crippen molar-refractivity contribution < 1.29 is 24.3 Å². The van der Waals surface area contributed by atoms with Crippen LogP contribution < -0.4 is 10.2 Å². The molecule has 168 valence electrons. The normalized spacial score (nSPS) is 22.2. The van der Waals surface area contributed by atoms with Crippen molar-refractivity contribution in [2.24, 2.45) is 5.16 Å². The van der Waals surface area contributed by atoms with Gasteiger partial charge in [0, 0.05) is 31.6 Å². The molecule has 1 N–H and O–H groups in total. The Kier molecular flexibility index (Phi) is 5.98. The number of hydrogen-bond acceptors (Lipinski definition) is 6. The summed E-state index contributed by atoms with van der Waals surface area (Å²) >= 11 is 0. The Labute approximate surface area is 184 Å². The maximum atomic E-state index is 13.5. The number of oxime groups is 1. The van der Waals surface area contributed by atoms with Crippen molar-refractivity contribution in [3.63, 3.8) is 0 Å². The fraction of sp³-hybridized carbons (Fsp3) is 0.391. The van der Waals surface area contributed by atoms with Gasteiger partial charge in [0.15, 0.2) is 11.4 Å². The summed E-state index contributed by atoms with van der Waals surface area (Å²) < 4.78 is 7.41. The number of amides is 1. The highest BCUT2D eigenvalue weighted by molar-refractivity contribution is 5.98. The van der Waals surface area contributed by atoms with E-state index >= 15 is 0 Å². The van der Waals surface area contributed by atoms with Crippen LogP contribution in [-0.4, -0.2) is 51.4 Å². The second-order valence-corrected chi connectivity index (χ2v) is 8.15. The van der Waals surface area contributed by atoms with E-state index in [0.717, 1.165) is 5.56 Å². The van der Waals surface area contributed by atoms with E-state index in [1.54, 1.807) is 9.47 Å². The summed E-state index contributed by atoms with van der Waals surface area (Å²) in [6, 6.07) is 8.73. The van der Waals surface area contributed by atoms with E-state index in [2.05, 4.69) is 5.16 Å². The molecule has 0 saturated carbocycles. The Morgan fingerprint density at radius 1 is 1.28 bits per heavy atom. The summed E-state index contributed by atoms with van der Waals surface area (Å²) in [6.07, 6.45) is 2.26. The maximum absolute atomic E-state index is 13.5. The van der Waals surface area contributed by atoms with Crippen LogP contribution in [-0.2, 0) is 11.4 Å². The minimum Gasteiger partial charge on any atom is -0.483 e. The molecule has 0 radical (unpaired) electrons. The van der Waals surface area contributed by atoms with Gasteiger partial charge in [-0.25, -0.2) is 4.79 Å². The van der Waals surface area contributed by atoms with Crippen LogP contribution in [0, 0.1) is 0 Å². The van der Waals surface area contributed by atoms with Gasteiger partial charge in [0.2, 0.25) is 5.43 Å². The molecule has 9 nitrogen and oxygen atoms in total. The zero-order chi connectivity index (χ0) is 22.8. The number of ether oxygens (including phenoxy) is 1. The molecule has 0 unspecified atom stereocenters. The topological polar surface area (TPSA) is 110 Å². The van der Waals surface area contributed by atoms with Gasteiger partial charge in [0.1, 0.15) is 18.8 Å². The molecule has 1 aromatic carbocycles. The number of aromatic carboxylic acids is 1. The molecule has 0 aliphatic carbocycles. The fourth-order valence-electron chi connectivity index (χ4n) is 4.11. The van der Waals surface area contributed by atoms with Crippen LogP contribution in [0.3, 0.4) is 0 Å². The van der Waals surface area contributed by atoms with Crippen LogP contribution >= 0.6 is 0 Å². The third-order valence-corrected chi connectivity index (χ3v) is 5.82. The standard InChI is InChI=1S/C23H25N3O6/c1-14-10-17-11-25(15(2)8-9-32-24-14)22(28)19-21(31-13-16-6-4-3-5-7-16)20(27)18(23(29)30)12-26(17)19/h3-7,12,15,17H,8-11,13H2,1-2H3,(H,29,30)/b24-14-/t15-,17-/m0/s1. The summed E-state index contributed by atoms with van der Waals surface area (Å²) in [5.74, 6) is -1.96. The summed E-state index contributed by atoms with van der Waals surface area (Å²) in [6.45, 7) is 4.52. The molecular formula is C23H25N3O6. The zero-order valence-electron chi connectivity index (χ0n) is 18.0. The van der Waals surface area contributed by atoms with Crippen LogP contribution in [0.15, 0.2) is 46.5 Å². The number of carboxylic acids is 1. The monoisotopic (exact) mass is 439 g/mol. The van der Waals surface area contributed by atoms with E-state index in [4.69, 9.17) is 9.57 Å². The van der Waals surface area contributed by atoms with Gasteiger partial charge in [-0.05, 0) is 19.4 Å². The Hall–Kier alpha value is -3.62. The molecule has 2 atom stereocenters. The second-order valence-electron chi connectivity index (χ2n) is 8.15. The molecule has 1 amide bonds. The molecule has 2 aliphatic heterocycles. The van der Waals surface area contributed by atoms with Crippen LogP contribution in [0.5, 0.6) is 5.75 Å². The molecule has 2 aliphatic rings. The third-order valence-electron chi connectivity index (χ3n) is 5.82. The van der Waals surface area contributed by atoms with E-state index < -0.39 is 17.0 Å². The van der Waals surface area contributed by atoms with E-state index in [9.17, 15) is 19.5 Å². The second kappa shape index (κ2) is 8.86. The van der Waals surface area contributed by atoms with Gasteiger partial charge in [-0.3, -0.25) is 9.59 Å². The number of pyridine rings is 1. The number of carboxylic acid groups (broad SMARTS) is 1. The van der Waals surface area contributed by atoms with Gasteiger partial charge >= 0.3 is 5.97 Å². The molecule has 0 fully saturated rings. The fourth-order valence-corrected chi connectivity index (χ4v) is 4.11. The van der Waals surface area contributed by atoms with Crippen molar-refractivity contribution in [3.05, 3.63) is 63.6 Å². The first kappa shape index (κ1) is 21.6. The molecule has 4 rings (SSSR count). The number of carbonyl (C=O) groups excluding carboxylic acids is 1. The number of fused-ring (bicyclic) bond motifs is 4. The van der Waals surface area contributed by atoms with Crippen LogP contribution in [0.1, 0.15) is 59.1 Å². The largest absolute Gasteiger partial charge is 0.483 e. The average molecular weight is 439 g/mol. The first-order chi connectivity index (χ1) is 15.4. The number of nitrogens with zero attached hydrogens (tertiary/aromatic N) is 3. The molecule has 3 heterocycles. The number of benzene rings is 1. The lowest BCUT2D eigenvalue weighted by Gasteiger charge is -2.40. The van der Waals surface area contributed by atoms with Crippen molar-refractivity contribution in [2.45, 2.75) is 45.4 Å². The minimum atomic E-state index is -1.37. The predicted octanol–water partition coefficient (Wildman–Crippen LogP) is 2.70. The lowest BCUT2D eigenvalue weighted by atomic mass is 10.0. The molecule has 0 saturated heterocycles. The van der Waals surface area contributed by atoms with E-state index in [1.165, 1.54) is 6.20 Å². The van der Waals surface area contributed by atoms with E-state index in [1.807, 2.05) is 44.2 Å². The third kappa shape index (κ3) is 4.10. The van der Waals surface area contributed by atoms with Crippen LogP contribution in [0.4, 0.5) is 0 Å². The lowest BCUT2D eigenvalue weighted by molar-refractivity contribution is 0.0491. The minimum absolute atomic E-state index is 0.0357. The number of carbonyl (C=O) groups is 2. The Morgan fingerprint density at radius 2 is 2.03 bits per heavy atom. The first-order valence-corrected chi connectivity index (χ1v) is 10.5. The lowest BCUT2D eigenvalue weighted by Crippen LogP contribution is -2.49. The summed E-state index contributed by atoms with van der Waals surface area (Å²) in [7, 11) is 0. The number of hydrogen-bond donors (Lipinski definition) is 1. The zero-order valence-corrected chi connectivity index (χ0v) is 18.0. The first-order valence-electron chi connectivity index (χ1n) is 10.5. The van der Waals surface area contributed by atoms with Crippen LogP contribution in [0.25, 0.3) is 0 Å². The molecule has 1 aromatic heterocycles. The van der Waals surface area contributed by atoms with Gasteiger partial charge in [-0.1, -0.05) is 35.5 Å². The maximum Gasteiger partial charge on any atom is 0.341 e. The van der Waals surface area contributed by atoms with Crippen molar-refractivity contribution >= 4 is 17.6 Å². The Morgan fingerprint density at radius 3 is 2.75 bits per heavy atom. The summed E-state index contributed by atoms with van der Waals surface area (Å²) in [5, 5.41) is 13.8. The van der Waals surface area contributed by atoms with Gasteiger partial charge in [0.25, 0.3) is 5.91 Å². The molecule has 2 bridgehead atoms. The van der Waals surface area contributed by atoms with Gasteiger partial charge in [0.05, 0.1) is 11.8 Å². The molecular weight excluding hydrogens is 414 g/mol. The quantitative estimate of drug-likeness (QED) is 0.784. The summed E-state index contributed by atoms with van der Waals surface area (Å²) in [5.41, 5.74) is 0.350. The number of rotatable bonds is 4. The highest BCUT2D eigenvalue weighted by Crippen LogP contribution is 2.31. The highest BCUT2D eigenvalue weighted by atomic mass is 16.6. The summed E-state index contributed by atoms with van der Waals surface area (Å²) in [4.78, 5) is 45.4. The van der Waals surface area contributed by atoms with Gasteiger partial charge in [-0.2, -0.15) is 0 Å². The SMILES string of the molecule is C/C1=N/OCC[C@H](C)N2C[C@H](C1)n1cc(C(=O)O)c(=O)c(OCc3ccccc3)c1C2=O.